The minimum absolute atomic E-state index is 0.320. The summed E-state index contributed by atoms with van der Waals surface area (Å²) in [6.07, 6.45) is 1.43. The molecule has 1 aliphatic heterocycles. The smallest absolute Gasteiger partial charge is 0.0594 e. The standard InChI is InChI=1S/C11H16ClNOS/c1-7-8(3-5-14-7)10(13-2)11-9(12)4-6-15-11/h4,6-8,10,13H,3,5H2,1-2H3. The molecular formula is C11H16ClNOS. The van der Waals surface area contributed by atoms with E-state index in [9.17, 15) is 0 Å². The maximum atomic E-state index is 6.17. The van der Waals surface area contributed by atoms with Crippen molar-refractivity contribution >= 4 is 22.9 Å². The molecule has 2 nitrogen and oxygen atoms in total. The molecule has 1 aliphatic rings. The fraction of sp³-hybridized carbons (Fsp3) is 0.636. The summed E-state index contributed by atoms with van der Waals surface area (Å²) in [6.45, 7) is 3.01. The predicted octanol–water partition coefficient (Wildman–Crippen LogP) is 3.09. The largest absolute Gasteiger partial charge is 0.378 e. The second-order valence-electron chi connectivity index (χ2n) is 3.93. The molecule has 0 radical (unpaired) electrons. The van der Waals surface area contributed by atoms with Gasteiger partial charge in [-0.1, -0.05) is 11.6 Å². The monoisotopic (exact) mass is 245 g/mol. The topological polar surface area (TPSA) is 21.3 Å². The molecule has 2 heterocycles. The van der Waals surface area contributed by atoms with Gasteiger partial charge in [0.25, 0.3) is 0 Å². The first-order chi connectivity index (χ1) is 7.24. The van der Waals surface area contributed by atoms with Gasteiger partial charge in [-0.15, -0.1) is 11.3 Å². The number of rotatable bonds is 3. The maximum absolute atomic E-state index is 6.17. The number of halogens is 1. The minimum Gasteiger partial charge on any atom is -0.378 e. The molecule has 3 unspecified atom stereocenters. The van der Waals surface area contributed by atoms with Crippen molar-refractivity contribution in [3.05, 3.63) is 21.3 Å². The van der Waals surface area contributed by atoms with Gasteiger partial charge in [-0.3, -0.25) is 0 Å². The van der Waals surface area contributed by atoms with E-state index in [1.54, 1.807) is 11.3 Å². The van der Waals surface area contributed by atoms with Crippen LogP contribution in [-0.4, -0.2) is 19.8 Å². The van der Waals surface area contributed by atoms with Crippen LogP contribution >= 0.6 is 22.9 Å². The van der Waals surface area contributed by atoms with Crippen LogP contribution in [0.25, 0.3) is 0 Å². The lowest BCUT2D eigenvalue weighted by Crippen LogP contribution is -2.29. The van der Waals surface area contributed by atoms with Gasteiger partial charge in [0, 0.05) is 23.4 Å². The molecule has 1 fully saturated rings. The average molecular weight is 246 g/mol. The quantitative estimate of drug-likeness (QED) is 0.884. The molecule has 0 aliphatic carbocycles. The third-order valence-corrected chi connectivity index (χ3v) is 4.54. The van der Waals surface area contributed by atoms with Gasteiger partial charge in [0.1, 0.15) is 0 Å². The van der Waals surface area contributed by atoms with E-state index in [-0.39, 0.29) is 0 Å². The molecule has 15 heavy (non-hydrogen) atoms. The Hall–Kier alpha value is -0.0900. The van der Waals surface area contributed by atoms with Gasteiger partial charge in [-0.2, -0.15) is 0 Å². The highest BCUT2D eigenvalue weighted by Crippen LogP contribution is 2.38. The van der Waals surface area contributed by atoms with Crippen molar-refractivity contribution in [1.29, 1.82) is 0 Å². The first-order valence-corrected chi connectivity index (χ1v) is 6.51. The third-order valence-electron chi connectivity index (χ3n) is 3.10. The van der Waals surface area contributed by atoms with Crippen molar-refractivity contribution in [2.45, 2.75) is 25.5 Å². The summed E-state index contributed by atoms with van der Waals surface area (Å²) in [5.41, 5.74) is 0. The van der Waals surface area contributed by atoms with E-state index in [4.69, 9.17) is 16.3 Å². The lowest BCUT2D eigenvalue weighted by molar-refractivity contribution is 0.0967. The van der Waals surface area contributed by atoms with Crippen molar-refractivity contribution in [3.8, 4) is 0 Å². The normalized spacial score (nSPS) is 28.2. The Morgan fingerprint density at radius 2 is 2.47 bits per heavy atom. The van der Waals surface area contributed by atoms with Crippen LogP contribution < -0.4 is 5.32 Å². The zero-order chi connectivity index (χ0) is 10.8. The summed E-state index contributed by atoms with van der Waals surface area (Å²) >= 11 is 7.89. The Balaban J connectivity index is 2.20. The lowest BCUT2D eigenvalue weighted by atomic mass is 9.92. The molecule has 0 amide bonds. The summed E-state index contributed by atoms with van der Waals surface area (Å²) in [5.74, 6) is 0.533. The van der Waals surface area contributed by atoms with Crippen molar-refractivity contribution in [3.63, 3.8) is 0 Å². The van der Waals surface area contributed by atoms with Crippen LogP contribution in [0.3, 0.4) is 0 Å². The van der Waals surface area contributed by atoms with E-state index in [2.05, 4.69) is 12.2 Å². The molecule has 1 N–H and O–H groups in total. The van der Waals surface area contributed by atoms with Crippen LogP contribution in [-0.2, 0) is 4.74 Å². The summed E-state index contributed by atoms with van der Waals surface area (Å²) in [6, 6.07) is 2.29. The highest BCUT2D eigenvalue weighted by atomic mass is 35.5. The summed E-state index contributed by atoms with van der Waals surface area (Å²) in [7, 11) is 1.99. The number of hydrogen-bond donors (Lipinski definition) is 1. The fourth-order valence-electron chi connectivity index (χ4n) is 2.25. The molecule has 1 aromatic heterocycles. The summed E-state index contributed by atoms with van der Waals surface area (Å²) in [4.78, 5) is 1.24. The maximum Gasteiger partial charge on any atom is 0.0594 e. The first kappa shape index (κ1) is 11.4. The van der Waals surface area contributed by atoms with Crippen LogP contribution in [0.2, 0.25) is 5.02 Å². The number of thiophene rings is 1. The lowest BCUT2D eigenvalue weighted by Gasteiger charge is -2.24. The van der Waals surface area contributed by atoms with Gasteiger partial charge < -0.3 is 10.1 Å². The third kappa shape index (κ3) is 2.21. The van der Waals surface area contributed by atoms with E-state index >= 15 is 0 Å². The first-order valence-electron chi connectivity index (χ1n) is 5.25. The second-order valence-corrected chi connectivity index (χ2v) is 5.28. The second kappa shape index (κ2) is 4.83. The fourth-order valence-corrected chi connectivity index (χ4v) is 3.61. The Labute approximate surface area is 99.6 Å². The van der Waals surface area contributed by atoms with E-state index in [1.165, 1.54) is 4.88 Å². The van der Waals surface area contributed by atoms with Crippen LogP contribution in [0.5, 0.6) is 0 Å². The number of ether oxygens (including phenoxy) is 1. The SMILES string of the molecule is CNC(c1sccc1Cl)C1CCOC1C. The van der Waals surface area contributed by atoms with Gasteiger partial charge >= 0.3 is 0 Å². The van der Waals surface area contributed by atoms with Crippen LogP contribution in [0.4, 0.5) is 0 Å². The van der Waals surface area contributed by atoms with E-state index in [1.807, 2.05) is 18.5 Å². The Bertz CT molecular complexity index is 328. The molecule has 1 saturated heterocycles. The molecule has 0 bridgehead atoms. The van der Waals surface area contributed by atoms with Gasteiger partial charge in [-0.05, 0) is 31.8 Å². The zero-order valence-electron chi connectivity index (χ0n) is 9.00. The summed E-state index contributed by atoms with van der Waals surface area (Å²) < 4.78 is 5.61. The van der Waals surface area contributed by atoms with E-state index < -0.39 is 0 Å². The molecule has 3 atom stereocenters. The Morgan fingerprint density at radius 1 is 1.67 bits per heavy atom. The van der Waals surface area contributed by atoms with Crippen LogP contribution in [0.1, 0.15) is 24.3 Å². The molecule has 0 aromatic carbocycles. The van der Waals surface area contributed by atoms with Crippen molar-refractivity contribution < 1.29 is 4.74 Å². The molecule has 0 saturated carbocycles. The highest BCUT2D eigenvalue weighted by molar-refractivity contribution is 7.10. The summed E-state index contributed by atoms with van der Waals surface area (Å²) in [5, 5.41) is 6.28. The average Bonchev–Trinajstić information content (AvgIpc) is 2.80. The van der Waals surface area contributed by atoms with E-state index in [0.29, 0.717) is 18.1 Å². The van der Waals surface area contributed by atoms with Gasteiger partial charge in [0.15, 0.2) is 0 Å². The number of nitrogens with one attached hydrogen (secondary N) is 1. The Morgan fingerprint density at radius 3 is 2.93 bits per heavy atom. The molecule has 2 rings (SSSR count). The zero-order valence-corrected chi connectivity index (χ0v) is 10.6. The van der Waals surface area contributed by atoms with Gasteiger partial charge in [-0.25, -0.2) is 0 Å². The molecular weight excluding hydrogens is 230 g/mol. The predicted molar refractivity (Wildman–Crippen MR) is 64.7 cm³/mol. The molecule has 4 heteroatoms. The van der Waals surface area contributed by atoms with Crippen molar-refractivity contribution in [2.24, 2.45) is 5.92 Å². The van der Waals surface area contributed by atoms with Gasteiger partial charge in [0.2, 0.25) is 0 Å². The van der Waals surface area contributed by atoms with Crippen LogP contribution in [0, 0.1) is 5.92 Å². The number of hydrogen-bond acceptors (Lipinski definition) is 3. The van der Waals surface area contributed by atoms with Crippen molar-refractivity contribution in [1.82, 2.24) is 5.32 Å². The van der Waals surface area contributed by atoms with Crippen molar-refractivity contribution in [2.75, 3.05) is 13.7 Å². The van der Waals surface area contributed by atoms with E-state index in [0.717, 1.165) is 18.1 Å². The molecule has 84 valence electrons. The minimum atomic E-state index is 0.320. The van der Waals surface area contributed by atoms with Gasteiger partial charge in [0.05, 0.1) is 11.1 Å². The molecule has 0 spiro atoms. The Kier molecular flexibility index (Phi) is 3.67. The highest BCUT2D eigenvalue weighted by Gasteiger charge is 2.33. The van der Waals surface area contributed by atoms with Crippen LogP contribution in [0.15, 0.2) is 11.4 Å². The molecule has 1 aromatic rings.